The summed E-state index contributed by atoms with van der Waals surface area (Å²) < 4.78 is 0. The fourth-order valence-electron chi connectivity index (χ4n) is 1.27. The van der Waals surface area contributed by atoms with Crippen LogP contribution < -0.4 is 5.43 Å². The lowest BCUT2D eigenvalue weighted by atomic mass is 10.2. The first kappa shape index (κ1) is 14.0. The highest BCUT2D eigenvalue weighted by molar-refractivity contribution is 8.02. The zero-order valence-corrected chi connectivity index (χ0v) is 11.2. The van der Waals surface area contributed by atoms with Crippen LogP contribution in [0.1, 0.15) is 5.56 Å². The number of nitrogens with one attached hydrogen (secondary N) is 1. The van der Waals surface area contributed by atoms with E-state index >= 15 is 0 Å². The van der Waals surface area contributed by atoms with Crippen LogP contribution in [-0.4, -0.2) is 38.1 Å². The number of nitrogens with zero attached hydrogens (tertiary/aromatic N) is 2. The van der Waals surface area contributed by atoms with Crippen molar-refractivity contribution >= 4 is 24.2 Å². The second-order valence-corrected chi connectivity index (χ2v) is 4.68. The quantitative estimate of drug-likeness (QED) is 0.457. The van der Waals surface area contributed by atoms with E-state index in [0.29, 0.717) is 0 Å². The second kappa shape index (κ2) is 8.06. The molecule has 4 heteroatoms. The number of hydrogen-bond donors (Lipinski definition) is 1. The average molecular weight is 249 g/mol. The number of hydrogen-bond acceptors (Lipinski definition) is 4. The molecule has 0 fully saturated rings. The minimum absolute atomic E-state index is 0.931. The van der Waals surface area contributed by atoms with Crippen LogP contribution in [0.4, 0.5) is 0 Å². The van der Waals surface area contributed by atoms with Crippen LogP contribution in [0.3, 0.4) is 0 Å². The molecule has 0 spiro atoms. The minimum atomic E-state index is 0.931. The monoisotopic (exact) mass is 249 g/mol. The summed E-state index contributed by atoms with van der Waals surface area (Å²) >= 11 is 1.74. The third-order valence-corrected chi connectivity index (χ3v) is 2.91. The Bertz CT molecular complexity index is 360. The maximum atomic E-state index is 4.05. The Morgan fingerprint density at radius 1 is 1.41 bits per heavy atom. The molecular formula is C13H19N3S. The van der Waals surface area contributed by atoms with Crippen molar-refractivity contribution in [2.45, 2.75) is 0 Å². The van der Waals surface area contributed by atoms with Crippen molar-refractivity contribution in [1.29, 1.82) is 0 Å². The van der Waals surface area contributed by atoms with Crippen molar-refractivity contribution in [3.8, 4) is 0 Å². The predicted octanol–water partition coefficient (Wildman–Crippen LogP) is 2.49. The highest BCUT2D eigenvalue weighted by Crippen LogP contribution is 2.18. The SMILES string of the molecule is C=N/C(=C\SCCNN(C)C)c1ccccc1. The predicted molar refractivity (Wildman–Crippen MR) is 78.1 cm³/mol. The van der Waals surface area contributed by atoms with E-state index in [1.54, 1.807) is 11.8 Å². The fraction of sp³-hybridized carbons (Fsp3) is 0.308. The Labute approximate surface area is 108 Å². The van der Waals surface area contributed by atoms with Crippen molar-refractivity contribution in [1.82, 2.24) is 10.4 Å². The van der Waals surface area contributed by atoms with Crippen molar-refractivity contribution in [3.05, 3.63) is 41.3 Å². The van der Waals surface area contributed by atoms with Crippen molar-refractivity contribution in [3.63, 3.8) is 0 Å². The summed E-state index contributed by atoms with van der Waals surface area (Å²) in [6, 6.07) is 10.1. The standard InChI is InChI=1S/C13H19N3S/c1-14-13(12-7-5-4-6-8-12)11-17-10-9-15-16(2)3/h4-8,11,15H,1,9-10H2,2-3H3/b13-11-. The zero-order valence-electron chi connectivity index (χ0n) is 10.4. The smallest absolute Gasteiger partial charge is 0.0757 e. The van der Waals surface area contributed by atoms with E-state index in [-0.39, 0.29) is 0 Å². The molecule has 0 aliphatic carbocycles. The largest absolute Gasteiger partial charge is 0.263 e. The molecule has 1 aromatic rings. The van der Waals surface area contributed by atoms with Crippen LogP contribution in [-0.2, 0) is 0 Å². The lowest BCUT2D eigenvalue weighted by molar-refractivity contribution is 0.300. The van der Waals surface area contributed by atoms with Crippen LogP contribution in [0, 0.1) is 0 Å². The van der Waals surface area contributed by atoms with Crippen LogP contribution >= 0.6 is 11.8 Å². The maximum Gasteiger partial charge on any atom is 0.0757 e. The first-order valence-corrected chi connectivity index (χ1v) is 6.53. The van der Waals surface area contributed by atoms with E-state index in [9.17, 15) is 0 Å². The molecule has 0 saturated heterocycles. The Morgan fingerprint density at radius 3 is 2.71 bits per heavy atom. The maximum absolute atomic E-state index is 4.05. The van der Waals surface area contributed by atoms with E-state index < -0.39 is 0 Å². The Morgan fingerprint density at radius 2 is 2.12 bits per heavy atom. The lowest BCUT2D eigenvalue weighted by Gasteiger charge is -2.10. The molecule has 1 rings (SSSR count). The van der Waals surface area contributed by atoms with Gasteiger partial charge in [0.25, 0.3) is 0 Å². The summed E-state index contributed by atoms with van der Waals surface area (Å²) in [6.07, 6.45) is 0. The van der Waals surface area contributed by atoms with Gasteiger partial charge in [0.1, 0.15) is 0 Å². The van der Waals surface area contributed by atoms with E-state index in [4.69, 9.17) is 0 Å². The molecule has 92 valence electrons. The van der Waals surface area contributed by atoms with Crippen molar-refractivity contribution in [2.24, 2.45) is 4.99 Å². The molecule has 0 aliphatic rings. The molecule has 0 aliphatic heterocycles. The van der Waals surface area contributed by atoms with Gasteiger partial charge in [0.05, 0.1) is 5.70 Å². The molecule has 0 radical (unpaired) electrons. The first-order valence-electron chi connectivity index (χ1n) is 5.49. The van der Waals surface area contributed by atoms with Crippen molar-refractivity contribution < 1.29 is 0 Å². The van der Waals surface area contributed by atoms with Crippen LogP contribution in [0.5, 0.6) is 0 Å². The second-order valence-electron chi connectivity index (χ2n) is 3.70. The molecule has 1 N–H and O–H groups in total. The number of aliphatic imine (C=N–C) groups is 1. The van der Waals surface area contributed by atoms with E-state index in [0.717, 1.165) is 23.6 Å². The molecule has 3 nitrogen and oxygen atoms in total. The lowest BCUT2D eigenvalue weighted by Crippen LogP contribution is -2.31. The van der Waals surface area contributed by atoms with Gasteiger partial charge in [-0.3, -0.25) is 15.4 Å². The summed E-state index contributed by atoms with van der Waals surface area (Å²) in [6.45, 7) is 4.55. The summed E-state index contributed by atoms with van der Waals surface area (Å²) in [7, 11) is 3.97. The molecule has 17 heavy (non-hydrogen) atoms. The molecule has 0 bridgehead atoms. The summed E-state index contributed by atoms with van der Waals surface area (Å²) in [5, 5.41) is 4.01. The summed E-state index contributed by atoms with van der Waals surface area (Å²) in [4.78, 5) is 4.05. The summed E-state index contributed by atoms with van der Waals surface area (Å²) in [5.74, 6) is 1.00. The highest BCUT2D eigenvalue weighted by Gasteiger charge is 1.97. The van der Waals surface area contributed by atoms with Gasteiger partial charge >= 0.3 is 0 Å². The van der Waals surface area contributed by atoms with Gasteiger partial charge in [-0.05, 0) is 12.1 Å². The minimum Gasteiger partial charge on any atom is -0.263 e. The van der Waals surface area contributed by atoms with E-state index in [1.807, 2.05) is 49.4 Å². The fourth-order valence-corrected chi connectivity index (χ4v) is 1.97. The molecule has 0 amide bonds. The third-order valence-electron chi connectivity index (χ3n) is 2.08. The molecule has 1 aromatic carbocycles. The van der Waals surface area contributed by atoms with Gasteiger partial charge in [0.2, 0.25) is 0 Å². The average Bonchev–Trinajstić information content (AvgIpc) is 2.34. The van der Waals surface area contributed by atoms with E-state index in [1.165, 1.54) is 0 Å². The van der Waals surface area contributed by atoms with Gasteiger partial charge in [0, 0.05) is 32.0 Å². The highest BCUT2D eigenvalue weighted by atomic mass is 32.2. The number of rotatable bonds is 7. The molecule has 0 heterocycles. The summed E-state index contributed by atoms with van der Waals surface area (Å²) in [5.41, 5.74) is 5.25. The molecule has 0 unspecified atom stereocenters. The zero-order chi connectivity index (χ0) is 12.5. The van der Waals surface area contributed by atoms with Gasteiger partial charge in [-0.15, -0.1) is 11.8 Å². The third kappa shape index (κ3) is 5.68. The van der Waals surface area contributed by atoms with E-state index in [2.05, 4.69) is 22.5 Å². The van der Waals surface area contributed by atoms with Gasteiger partial charge in [-0.1, -0.05) is 30.3 Å². The van der Waals surface area contributed by atoms with Crippen LogP contribution in [0.25, 0.3) is 5.70 Å². The Hall–Kier alpha value is -1.10. The van der Waals surface area contributed by atoms with Crippen LogP contribution in [0.15, 0.2) is 40.7 Å². The normalized spacial score (nSPS) is 11.8. The Balaban J connectivity index is 2.43. The number of thioether (sulfide) groups is 1. The molecule has 0 atom stereocenters. The number of benzene rings is 1. The topological polar surface area (TPSA) is 27.6 Å². The molecular weight excluding hydrogens is 230 g/mol. The van der Waals surface area contributed by atoms with Crippen molar-refractivity contribution in [2.75, 3.05) is 26.4 Å². The Kier molecular flexibility index (Phi) is 6.62. The number of hydrazine groups is 1. The van der Waals surface area contributed by atoms with Gasteiger partial charge in [-0.25, -0.2) is 0 Å². The molecule has 0 aromatic heterocycles. The van der Waals surface area contributed by atoms with Gasteiger partial charge in [-0.2, -0.15) is 0 Å². The van der Waals surface area contributed by atoms with Gasteiger partial charge in [0.15, 0.2) is 0 Å². The van der Waals surface area contributed by atoms with Gasteiger partial charge < -0.3 is 0 Å². The molecule has 0 saturated carbocycles. The van der Waals surface area contributed by atoms with Crippen LogP contribution in [0.2, 0.25) is 0 Å². The first-order chi connectivity index (χ1) is 8.24.